The van der Waals surface area contributed by atoms with Crippen molar-refractivity contribution in [2.24, 2.45) is 5.92 Å². The van der Waals surface area contributed by atoms with Gasteiger partial charge >= 0.3 is 5.97 Å². The maximum Gasteiger partial charge on any atom is 0.335 e. The number of rotatable bonds is 4. The van der Waals surface area contributed by atoms with Gasteiger partial charge in [0.1, 0.15) is 5.82 Å². The summed E-state index contributed by atoms with van der Waals surface area (Å²) >= 11 is 0. The van der Waals surface area contributed by atoms with E-state index >= 15 is 0 Å². The van der Waals surface area contributed by atoms with E-state index in [1.807, 2.05) is 6.92 Å². The summed E-state index contributed by atoms with van der Waals surface area (Å²) in [5.74, 6) is -1.89. The highest BCUT2D eigenvalue weighted by Crippen LogP contribution is 2.39. The predicted molar refractivity (Wildman–Crippen MR) is 71.1 cm³/mol. The molecule has 0 amide bonds. The molecule has 1 unspecified atom stereocenters. The van der Waals surface area contributed by atoms with E-state index in [2.05, 4.69) is 0 Å². The van der Waals surface area contributed by atoms with Crippen molar-refractivity contribution in [3.05, 3.63) is 35.1 Å². The Bertz CT molecular complexity index is 497. The van der Waals surface area contributed by atoms with E-state index in [-0.39, 0.29) is 11.5 Å². The molecule has 0 spiro atoms. The number of ether oxygens (including phenoxy) is 1. The monoisotopic (exact) mass is 282 g/mol. The zero-order valence-corrected chi connectivity index (χ0v) is 11.4. The summed E-state index contributed by atoms with van der Waals surface area (Å²) in [6.45, 7) is 2.95. The maximum absolute atomic E-state index is 13.6. The number of carbonyl (C=O) groups is 1. The van der Waals surface area contributed by atoms with Crippen LogP contribution in [0.3, 0.4) is 0 Å². The molecule has 1 heterocycles. The Morgan fingerprint density at radius 2 is 2.05 bits per heavy atom. The van der Waals surface area contributed by atoms with E-state index < -0.39 is 17.4 Å². The minimum absolute atomic E-state index is 0.0512. The molecule has 2 N–H and O–H groups in total. The summed E-state index contributed by atoms with van der Waals surface area (Å²) in [6, 6.07) is 3.56. The molecular weight excluding hydrogens is 263 g/mol. The van der Waals surface area contributed by atoms with Crippen LogP contribution < -0.4 is 0 Å². The highest BCUT2D eigenvalue weighted by molar-refractivity contribution is 5.87. The lowest BCUT2D eigenvalue weighted by molar-refractivity contribution is -0.0732. The van der Waals surface area contributed by atoms with E-state index in [1.54, 1.807) is 0 Å². The zero-order chi connectivity index (χ0) is 14.8. The summed E-state index contributed by atoms with van der Waals surface area (Å²) in [4.78, 5) is 11.0. The largest absolute Gasteiger partial charge is 0.478 e. The maximum atomic E-state index is 13.6. The Kier molecular flexibility index (Phi) is 4.40. The molecule has 0 saturated carbocycles. The molecule has 0 aromatic heterocycles. The second-order valence-corrected chi connectivity index (χ2v) is 5.20. The van der Waals surface area contributed by atoms with E-state index in [1.165, 1.54) is 12.1 Å². The molecule has 0 bridgehead atoms. The van der Waals surface area contributed by atoms with E-state index in [0.717, 1.165) is 6.07 Å². The number of carboxylic acid groups (broad SMARTS) is 1. The molecular formula is C15H19FO4. The Balaban J connectivity index is 2.41. The summed E-state index contributed by atoms with van der Waals surface area (Å²) in [5, 5.41) is 19.9. The molecule has 0 aliphatic carbocycles. The fourth-order valence-electron chi connectivity index (χ4n) is 2.87. The third-order valence-electron chi connectivity index (χ3n) is 4.08. The number of aromatic carboxylic acids is 1. The lowest BCUT2D eigenvalue weighted by Crippen LogP contribution is -2.38. The Morgan fingerprint density at radius 1 is 1.40 bits per heavy atom. The summed E-state index contributed by atoms with van der Waals surface area (Å²) in [5.41, 5.74) is -1.01. The fraction of sp³-hybridized carbons (Fsp3) is 0.533. The molecule has 0 radical (unpaired) electrons. The van der Waals surface area contributed by atoms with Crippen LogP contribution in [-0.4, -0.2) is 29.4 Å². The molecule has 1 aromatic rings. The van der Waals surface area contributed by atoms with Gasteiger partial charge in [-0.2, -0.15) is 0 Å². The van der Waals surface area contributed by atoms with Crippen LogP contribution in [0, 0.1) is 11.7 Å². The van der Waals surface area contributed by atoms with Crippen LogP contribution in [0.2, 0.25) is 0 Å². The van der Waals surface area contributed by atoms with Crippen molar-refractivity contribution < 1.29 is 24.1 Å². The quantitative estimate of drug-likeness (QED) is 0.890. The third-order valence-corrected chi connectivity index (χ3v) is 4.08. The first kappa shape index (κ1) is 14.9. The van der Waals surface area contributed by atoms with Gasteiger partial charge in [0.2, 0.25) is 0 Å². The average Bonchev–Trinajstić information content (AvgIpc) is 2.46. The molecule has 2 rings (SSSR count). The van der Waals surface area contributed by atoms with E-state index in [0.29, 0.717) is 38.0 Å². The van der Waals surface area contributed by atoms with Crippen LogP contribution in [0.25, 0.3) is 0 Å². The Labute approximate surface area is 117 Å². The third kappa shape index (κ3) is 2.83. The van der Waals surface area contributed by atoms with Gasteiger partial charge < -0.3 is 14.9 Å². The predicted octanol–water partition coefficient (Wildman–Crippen LogP) is 2.55. The van der Waals surface area contributed by atoms with Crippen LogP contribution in [0.15, 0.2) is 18.2 Å². The molecule has 1 atom stereocenters. The van der Waals surface area contributed by atoms with Crippen LogP contribution in [0.5, 0.6) is 0 Å². The number of halogens is 1. The minimum Gasteiger partial charge on any atom is -0.478 e. The van der Waals surface area contributed by atoms with Crippen molar-refractivity contribution in [2.75, 3.05) is 13.2 Å². The molecule has 5 heteroatoms. The topological polar surface area (TPSA) is 66.8 Å². The van der Waals surface area contributed by atoms with Gasteiger partial charge in [-0.05, 0) is 48.9 Å². The number of benzene rings is 1. The minimum atomic E-state index is -1.21. The average molecular weight is 282 g/mol. The molecule has 1 fully saturated rings. The number of carboxylic acids is 1. The first-order valence-electron chi connectivity index (χ1n) is 6.82. The van der Waals surface area contributed by atoms with Crippen LogP contribution >= 0.6 is 0 Å². The standard InChI is InChI=1S/C15H19FO4/c1-2-15(19,11-3-5-20-6-4-11)12-7-10(14(17)18)8-13(16)9-12/h7-9,11,19H,2-6H2,1H3,(H,17,18). The molecule has 1 aromatic carbocycles. The summed E-state index contributed by atoms with van der Waals surface area (Å²) < 4.78 is 18.9. The van der Waals surface area contributed by atoms with Crippen LogP contribution in [0.1, 0.15) is 42.1 Å². The van der Waals surface area contributed by atoms with Crippen LogP contribution in [-0.2, 0) is 10.3 Å². The Morgan fingerprint density at radius 3 is 2.60 bits per heavy atom. The molecule has 20 heavy (non-hydrogen) atoms. The van der Waals surface area contributed by atoms with Gasteiger partial charge in [-0.25, -0.2) is 9.18 Å². The highest BCUT2D eigenvalue weighted by atomic mass is 19.1. The number of aliphatic hydroxyl groups is 1. The van der Waals surface area contributed by atoms with E-state index in [9.17, 15) is 14.3 Å². The van der Waals surface area contributed by atoms with Gasteiger partial charge in [-0.3, -0.25) is 0 Å². The lowest BCUT2D eigenvalue weighted by atomic mass is 9.75. The number of hydrogen-bond acceptors (Lipinski definition) is 3. The highest BCUT2D eigenvalue weighted by Gasteiger charge is 2.38. The molecule has 1 aliphatic heterocycles. The van der Waals surface area contributed by atoms with Gasteiger partial charge in [0, 0.05) is 13.2 Å². The van der Waals surface area contributed by atoms with Crippen molar-refractivity contribution in [3.63, 3.8) is 0 Å². The molecule has 1 aliphatic rings. The van der Waals surface area contributed by atoms with Crippen molar-refractivity contribution >= 4 is 5.97 Å². The van der Waals surface area contributed by atoms with Gasteiger partial charge in [-0.1, -0.05) is 6.92 Å². The second-order valence-electron chi connectivity index (χ2n) is 5.20. The van der Waals surface area contributed by atoms with Crippen LogP contribution in [0.4, 0.5) is 4.39 Å². The lowest BCUT2D eigenvalue weighted by Gasteiger charge is -2.38. The van der Waals surface area contributed by atoms with Crippen molar-refractivity contribution in [1.29, 1.82) is 0 Å². The molecule has 1 saturated heterocycles. The SMILES string of the molecule is CCC(O)(c1cc(F)cc(C(=O)O)c1)C1CCOCC1. The summed E-state index contributed by atoms with van der Waals surface area (Å²) in [6.07, 6.45) is 1.77. The zero-order valence-electron chi connectivity index (χ0n) is 11.4. The normalized spacial score (nSPS) is 19.6. The Hall–Kier alpha value is -1.46. The second kappa shape index (κ2) is 5.89. The molecule has 110 valence electrons. The van der Waals surface area contributed by atoms with Gasteiger partial charge in [0.15, 0.2) is 0 Å². The van der Waals surface area contributed by atoms with Gasteiger partial charge in [-0.15, -0.1) is 0 Å². The smallest absolute Gasteiger partial charge is 0.335 e. The summed E-state index contributed by atoms with van der Waals surface area (Å²) in [7, 11) is 0. The first-order valence-corrected chi connectivity index (χ1v) is 6.82. The van der Waals surface area contributed by atoms with Crippen molar-refractivity contribution in [3.8, 4) is 0 Å². The van der Waals surface area contributed by atoms with Gasteiger partial charge in [0.05, 0.1) is 11.2 Å². The fourth-order valence-corrected chi connectivity index (χ4v) is 2.87. The van der Waals surface area contributed by atoms with Crippen molar-refractivity contribution in [2.45, 2.75) is 31.8 Å². The number of hydrogen-bond donors (Lipinski definition) is 2. The van der Waals surface area contributed by atoms with Gasteiger partial charge in [0.25, 0.3) is 0 Å². The van der Waals surface area contributed by atoms with Crippen molar-refractivity contribution in [1.82, 2.24) is 0 Å². The first-order chi connectivity index (χ1) is 9.47. The molecule has 4 nitrogen and oxygen atoms in total. The van der Waals surface area contributed by atoms with E-state index in [4.69, 9.17) is 9.84 Å².